The summed E-state index contributed by atoms with van der Waals surface area (Å²) in [6.07, 6.45) is 0.356. The summed E-state index contributed by atoms with van der Waals surface area (Å²) < 4.78 is 13.2. The van der Waals surface area contributed by atoms with E-state index < -0.39 is 0 Å². The Balaban J connectivity index is 1.88. The van der Waals surface area contributed by atoms with Gasteiger partial charge in [-0.25, -0.2) is 9.18 Å². The number of carbonyl (C=O) groups excluding carboxylic acids is 1. The molecule has 0 spiro atoms. The van der Waals surface area contributed by atoms with Gasteiger partial charge in [0.2, 0.25) is 0 Å². The summed E-state index contributed by atoms with van der Waals surface area (Å²) in [6.45, 7) is 4.24. The average molecular weight is 293 g/mol. The molecule has 2 rings (SSSR count). The van der Waals surface area contributed by atoms with Crippen LogP contribution in [0.3, 0.4) is 0 Å². The Bertz CT molecular complexity index is 545. The fraction of sp³-hybridized carbons (Fsp3) is 0.467. The lowest BCUT2D eigenvalue weighted by Crippen LogP contribution is -2.43. The molecule has 1 aliphatic heterocycles. The number of nitrogens with zero attached hydrogens (tertiary/aromatic N) is 2. The van der Waals surface area contributed by atoms with E-state index in [9.17, 15) is 9.18 Å². The third-order valence-electron chi connectivity index (χ3n) is 3.13. The van der Waals surface area contributed by atoms with Gasteiger partial charge in [-0.05, 0) is 26.0 Å². The largest absolute Gasteiger partial charge is 0.390 e. The van der Waals surface area contributed by atoms with Crippen molar-refractivity contribution in [1.29, 1.82) is 0 Å². The normalized spacial score (nSPS) is 17.4. The van der Waals surface area contributed by atoms with E-state index in [1.54, 1.807) is 24.1 Å². The van der Waals surface area contributed by atoms with E-state index in [-0.39, 0.29) is 24.0 Å². The van der Waals surface area contributed by atoms with Crippen LogP contribution in [0.4, 0.5) is 9.18 Å². The lowest BCUT2D eigenvalue weighted by Gasteiger charge is -2.21. The van der Waals surface area contributed by atoms with Crippen molar-refractivity contribution in [3.05, 3.63) is 35.6 Å². The average Bonchev–Trinajstić information content (AvgIpc) is 2.86. The van der Waals surface area contributed by atoms with Crippen LogP contribution >= 0.6 is 0 Å². The van der Waals surface area contributed by atoms with Crippen LogP contribution < -0.4 is 5.32 Å². The molecule has 5 nitrogen and oxygen atoms in total. The molecule has 2 amide bonds. The van der Waals surface area contributed by atoms with Crippen LogP contribution in [0.1, 0.15) is 25.8 Å². The van der Waals surface area contributed by atoms with Crippen LogP contribution in [0.25, 0.3) is 0 Å². The number of carbonyl (C=O) groups is 1. The number of rotatable bonds is 4. The molecular formula is C15H20FN3O2. The first-order chi connectivity index (χ1) is 9.95. The quantitative estimate of drug-likeness (QED) is 0.926. The van der Waals surface area contributed by atoms with Crippen molar-refractivity contribution in [2.45, 2.75) is 32.4 Å². The zero-order valence-electron chi connectivity index (χ0n) is 12.5. The van der Waals surface area contributed by atoms with Gasteiger partial charge >= 0.3 is 6.03 Å². The van der Waals surface area contributed by atoms with Crippen molar-refractivity contribution < 1.29 is 14.0 Å². The molecule has 1 atom stereocenters. The Morgan fingerprint density at radius 2 is 2.33 bits per heavy atom. The highest BCUT2D eigenvalue weighted by Gasteiger charge is 2.25. The van der Waals surface area contributed by atoms with Crippen LogP contribution in [-0.4, -0.2) is 42.4 Å². The number of amides is 2. The van der Waals surface area contributed by atoms with E-state index in [1.807, 2.05) is 13.8 Å². The highest BCUT2D eigenvalue weighted by atomic mass is 19.1. The Morgan fingerprint density at radius 1 is 1.57 bits per heavy atom. The summed E-state index contributed by atoms with van der Waals surface area (Å²) >= 11 is 0. The SMILES string of the molecule is CC(C)NC(=O)N(C)C[C@@H]1CC(c2cccc(F)c2)=NO1. The Hall–Kier alpha value is -2.11. The molecule has 1 aliphatic rings. The highest BCUT2D eigenvalue weighted by molar-refractivity contribution is 6.01. The lowest BCUT2D eigenvalue weighted by atomic mass is 10.0. The first kappa shape index (κ1) is 15.3. The number of hydrogen-bond acceptors (Lipinski definition) is 3. The number of likely N-dealkylation sites (N-methyl/N-ethyl adjacent to an activating group) is 1. The van der Waals surface area contributed by atoms with Crippen LogP contribution in [-0.2, 0) is 4.84 Å². The molecule has 0 radical (unpaired) electrons. The van der Waals surface area contributed by atoms with E-state index in [2.05, 4.69) is 10.5 Å². The third-order valence-corrected chi connectivity index (χ3v) is 3.13. The Kier molecular flexibility index (Phi) is 4.77. The van der Waals surface area contributed by atoms with Gasteiger partial charge in [-0.2, -0.15) is 0 Å². The van der Waals surface area contributed by atoms with E-state index >= 15 is 0 Å². The van der Waals surface area contributed by atoms with Crippen LogP contribution in [0.5, 0.6) is 0 Å². The zero-order valence-corrected chi connectivity index (χ0v) is 12.5. The summed E-state index contributed by atoms with van der Waals surface area (Å²) in [5, 5.41) is 6.80. The lowest BCUT2D eigenvalue weighted by molar-refractivity contribution is 0.0655. The summed E-state index contributed by atoms with van der Waals surface area (Å²) in [5.74, 6) is -0.299. The van der Waals surface area contributed by atoms with E-state index in [4.69, 9.17) is 4.84 Å². The standard InChI is InChI=1S/C15H20FN3O2/c1-10(2)17-15(20)19(3)9-13-8-14(18-21-13)11-5-4-6-12(16)7-11/h4-7,10,13H,8-9H2,1-3H3,(H,17,20)/t13-/m0/s1. The number of oxime groups is 1. The second-order valence-electron chi connectivity index (χ2n) is 5.46. The van der Waals surface area contributed by atoms with Crippen molar-refractivity contribution in [2.24, 2.45) is 5.16 Å². The molecule has 1 aromatic rings. The molecule has 0 unspecified atom stereocenters. The van der Waals surface area contributed by atoms with Crippen LogP contribution in [0.2, 0.25) is 0 Å². The maximum atomic E-state index is 13.2. The third kappa shape index (κ3) is 4.18. The van der Waals surface area contributed by atoms with Gasteiger partial charge in [-0.1, -0.05) is 17.3 Å². The van der Waals surface area contributed by atoms with Gasteiger partial charge in [0.05, 0.1) is 12.3 Å². The summed E-state index contributed by atoms with van der Waals surface area (Å²) in [4.78, 5) is 18.7. The molecule has 0 saturated carbocycles. The van der Waals surface area contributed by atoms with Crippen molar-refractivity contribution in [3.8, 4) is 0 Å². The second-order valence-corrected chi connectivity index (χ2v) is 5.46. The molecule has 0 aliphatic carbocycles. The van der Waals surface area contributed by atoms with Gasteiger partial charge in [0, 0.05) is 25.1 Å². The van der Waals surface area contributed by atoms with Gasteiger partial charge in [-0.3, -0.25) is 0 Å². The van der Waals surface area contributed by atoms with Crippen molar-refractivity contribution in [2.75, 3.05) is 13.6 Å². The van der Waals surface area contributed by atoms with Crippen molar-refractivity contribution in [3.63, 3.8) is 0 Å². The maximum Gasteiger partial charge on any atom is 0.317 e. The van der Waals surface area contributed by atoms with Crippen LogP contribution in [0, 0.1) is 5.82 Å². The first-order valence-corrected chi connectivity index (χ1v) is 6.96. The van der Waals surface area contributed by atoms with Gasteiger partial charge in [0.1, 0.15) is 5.82 Å². The predicted molar refractivity (Wildman–Crippen MR) is 78.7 cm³/mol. The topological polar surface area (TPSA) is 53.9 Å². The molecular weight excluding hydrogens is 273 g/mol. The molecule has 21 heavy (non-hydrogen) atoms. The second kappa shape index (κ2) is 6.56. The molecule has 0 fully saturated rings. The smallest absolute Gasteiger partial charge is 0.317 e. The van der Waals surface area contributed by atoms with E-state index in [0.717, 1.165) is 0 Å². The number of nitrogens with one attached hydrogen (secondary N) is 1. The molecule has 0 bridgehead atoms. The predicted octanol–water partition coefficient (Wildman–Crippen LogP) is 2.37. The summed E-state index contributed by atoms with van der Waals surface area (Å²) in [5.41, 5.74) is 1.42. The fourth-order valence-corrected chi connectivity index (χ4v) is 2.11. The van der Waals surface area contributed by atoms with Crippen LogP contribution in [0.15, 0.2) is 29.4 Å². The van der Waals surface area contributed by atoms with Gasteiger partial charge in [0.15, 0.2) is 6.10 Å². The Morgan fingerprint density at radius 3 is 3.00 bits per heavy atom. The fourth-order valence-electron chi connectivity index (χ4n) is 2.11. The summed E-state index contributed by atoms with van der Waals surface area (Å²) in [7, 11) is 1.71. The van der Waals surface area contributed by atoms with Gasteiger partial charge in [0.25, 0.3) is 0 Å². The number of halogens is 1. The minimum atomic E-state index is -0.299. The van der Waals surface area contributed by atoms with Crippen molar-refractivity contribution >= 4 is 11.7 Å². The molecule has 6 heteroatoms. The minimum absolute atomic E-state index is 0.0866. The minimum Gasteiger partial charge on any atom is -0.390 e. The molecule has 1 N–H and O–H groups in total. The number of benzene rings is 1. The maximum absolute atomic E-state index is 13.2. The van der Waals surface area contributed by atoms with E-state index in [0.29, 0.717) is 24.2 Å². The molecule has 114 valence electrons. The Labute approximate surface area is 123 Å². The van der Waals surface area contributed by atoms with Gasteiger partial charge < -0.3 is 15.1 Å². The molecule has 0 aromatic heterocycles. The molecule has 1 heterocycles. The highest BCUT2D eigenvalue weighted by Crippen LogP contribution is 2.18. The molecule has 0 saturated heterocycles. The zero-order chi connectivity index (χ0) is 15.4. The van der Waals surface area contributed by atoms with E-state index in [1.165, 1.54) is 12.1 Å². The summed E-state index contributed by atoms with van der Waals surface area (Å²) in [6, 6.07) is 6.20. The monoisotopic (exact) mass is 293 g/mol. The van der Waals surface area contributed by atoms with Crippen molar-refractivity contribution in [1.82, 2.24) is 10.2 Å². The number of hydrogen-bond donors (Lipinski definition) is 1. The first-order valence-electron chi connectivity index (χ1n) is 6.96. The van der Waals surface area contributed by atoms with Gasteiger partial charge in [-0.15, -0.1) is 0 Å². The molecule has 1 aromatic carbocycles. The number of urea groups is 1.